The zero-order chi connectivity index (χ0) is 18.0. The first-order valence-electron chi connectivity index (χ1n) is 6.89. The first kappa shape index (κ1) is 16.4. The number of nitro benzene ring substituents is 1. The van der Waals surface area contributed by atoms with Gasteiger partial charge in [0.2, 0.25) is 10.6 Å². The van der Waals surface area contributed by atoms with E-state index < -0.39 is 22.0 Å². The Morgan fingerprint density at radius 2 is 2.12 bits per heavy atom. The molecule has 3 rings (SSSR count). The minimum absolute atomic E-state index is 0.148. The molecule has 1 aromatic carbocycles. The van der Waals surface area contributed by atoms with Crippen molar-refractivity contribution in [1.29, 1.82) is 0 Å². The number of rotatable bonds is 4. The summed E-state index contributed by atoms with van der Waals surface area (Å²) in [5, 5.41) is 25.1. The fourth-order valence-electron chi connectivity index (χ4n) is 2.13. The molecular weight excluding hydrogens is 348 g/mol. The Balaban J connectivity index is 2.09. The number of aromatic nitrogens is 4. The summed E-state index contributed by atoms with van der Waals surface area (Å²) in [6.45, 7) is 1.57. The van der Waals surface area contributed by atoms with Crippen LogP contribution in [-0.4, -0.2) is 30.8 Å². The van der Waals surface area contributed by atoms with Gasteiger partial charge in [-0.1, -0.05) is 23.5 Å². The summed E-state index contributed by atoms with van der Waals surface area (Å²) in [7, 11) is 0. The smallest absolute Gasteiger partial charge is 0.294 e. The molecule has 2 heterocycles. The van der Waals surface area contributed by atoms with E-state index >= 15 is 0 Å². The average Bonchev–Trinajstić information content (AvgIpc) is 3.07. The van der Waals surface area contributed by atoms with Crippen LogP contribution in [0.15, 0.2) is 40.6 Å². The number of carbonyl (C=O) groups excluding carboxylic acids is 1. The number of nitrogens with zero attached hydrogens (tertiary/aromatic N) is 5. The summed E-state index contributed by atoms with van der Waals surface area (Å²) in [4.78, 5) is 35.0. The molecule has 1 N–H and O–H groups in total. The molecule has 25 heavy (non-hydrogen) atoms. The third-order valence-electron chi connectivity index (χ3n) is 3.21. The fraction of sp³-hybridized carbons (Fsp3) is 0.0714. The van der Waals surface area contributed by atoms with E-state index in [4.69, 9.17) is 0 Å². The summed E-state index contributed by atoms with van der Waals surface area (Å²) < 4.78 is 1.19. The van der Waals surface area contributed by atoms with E-state index in [1.165, 1.54) is 34.5 Å². The highest BCUT2D eigenvalue weighted by atomic mass is 32.1. The van der Waals surface area contributed by atoms with E-state index in [1.807, 2.05) is 0 Å². The Morgan fingerprint density at radius 1 is 1.36 bits per heavy atom. The summed E-state index contributed by atoms with van der Waals surface area (Å²) in [6.07, 6.45) is 0. The monoisotopic (exact) mass is 358 g/mol. The summed E-state index contributed by atoms with van der Waals surface area (Å²) in [5.41, 5.74) is 0.719. The number of aryl methyl sites for hydroxylation is 1. The number of para-hydroxylation sites is 2. The van der Waals surface area contributed by atoms with Gasteiger partial charge in [-0.2, -0.15) is 5.10 Å². The van der Waals surface area contributed by atoms with Crippen molar-refractivity contribution in [3.63, 3.8) is 0 Å². The quantitative estimate of drug-likeness (QED) is 0.552. The van der Waals surface area contributed by atoms with Crippen LogP contribution in [0.5, 0.6) is 0 Å². The van der Waals surface area contributed by atoms with Crippen LogP contribution in [-0.2, 0) is 0 Å². The zero-order valence-corrected chi connectivity index (χ0v) is 13.6. The second kappa shape index (κ2) is 6.57. The molecule has 1 amide bonds. The molecule has 10 nitrogen and oxygen atoms in total. The summed E-state index contributed by atoms with van der Waals surface area (Å²) >= 11 is 1.08. The number of amides is 1. The molecule has 126 valence electrons. The van der Waals surface area contributed by atoms with Gasteiger partial charge >= 0.3 is 0 Å². The van der Waals surface area contributed by atoms with Crippen molar-refractivity contribution in [3.8, 4) is 5.69 Å². The third kappa shape index (κ3) is 3.26. The molecule has 0 aliphatic carbocycles. The van der Waals surface area contributed by atoms with Crippen molar-refractivity contribution in [2.75, 3.05) is 5.32 Å². The fourth-order valence-corrected chi connectivity index (χ4v) is 2.57. The number of hydrogen-bond acceptors (Lipinski definition) is 8. The van der Waals surface area contributed by atoms with Gasteiger partial charge in [-0.3, -0.25) is 25.0 Å². The highest BCUT2D eigenvalue weighted by Gasteiger charge is 2.20. The molecule has 3 aromatic rings. The largest absolute Gasteiger partial charge is 0.295 e. The van der Waals surface area contributed by atoms with Crippen molar-refractivity contribution in [2.24, 2.45) is 0 Å². The third-order valence-corrected chi connectivity index (χ3v) is 3.82. The number of nitrogens with one attached hydrogen (secondary N) is 1. The SMILES string of the molecule is Cc1cc(=O)c(C(=O)Nc2nncs2)nn1-c1ccccc1[N+](=O)[O-]. The maximum atomic E-state index is 12.3. The van der Waals surface area contributed by atoms with Gasteiger partial charge in [0.15, 0.2) is 5.69 Å². The summed E-state index contributed by atoms with van der Waals surface area (Å²) in [6, 6.07) is 7.11. The van der Waals surface area contributed by atoms with Crippen LogP contribution in [0.1, 0.15) is 16.2 Å². The number of benzene rings is 1. The van der Waals surface area contributed by atoms with Crippen molar-refractivity contribution < 1.29 is 9.72 Å². The lowest BCUT2D eigenvalue weighted by Crippen LogP contribution is -2.27. The predicted molar refractivity (Wildman–Crippen MR) is 89.1 cm³/mol. The van der Waals surface area contributed by atoms with Gasteiger partial charge in [0, 0.05) is 17.8 Å². The van der Waals surface area contributed by atoms with E-state index in [-0.39, 0.29) is 16.5 Å². The normalized spacial score (nSPS) is 10.4. The van der Waals surface area contributed by atoms with Crippen molar-refractivity contribution >= 4 is 28.1 Å². The molecule has 0 unspecified atom stereocenters. The predicted octanol–water partition coefficient (Wildman–Crippen LogP) is 1.55. The van der Waals surface area contributed by atoms with Gasteiger partial charge in [0.1, 0.15) is 11.2 Å². The molecule has 0 atom stereocenters. The second-order valence-corrected chi connectivity index (χ2v) is 5.69. The van der Waals surface area contributed by atoms with Gasteiger partial charge in [-0.05, 0) is 13.0 Å². The van der Waals surface area contributed by atoms with Crippen molar-refractivity contribution in [2.45, 2.75) is 6.92 Å². The van der Waals surface area contributed by atoms with E-state index in [9.17, 15) is 19.7 Å². The van der Waals surface area contributed by atoms with Crippen LogP contribution in [0.2, 0.25) is 0 Å². The van der Waals surface area contributed by atoms with Crippen LogP contribution in [0.4, 0.5) is 10.8 Å². The van der Waals surface area contributed by atoms with Crippen LogP contribution in [0.3, 0.4) is 0 Å². The Bertz CT molecular complexity index is 1010. The Hall–Kier alpha value is -3.47. The van der Waals surface area contributed by atoms with E-state index in [2.05, 4.69) is 20.6 Å². The van der Waals surface area contributed by atoms with Crippen molar-refractivity contribution in [3.05, 3.63) is 67.6 Å². The minimum atomic E-state index is -0.769. The van der Waals surface area contributed by atoms with Crippen molar-refractivity contribution in [1.82, 2.24) is 20.0 Å². The number of carbonyl (C=O) groups is 1. The van der Waals surface area contributed by atoms with Gasteiger partial charge in [0.05, 0.1) is 4.92 Å². The zero-order valence-electron chi connectivity index (χ0n) is 12.7. The standard InChI is InChI=1S/C14H10N6O4S/c1-8-6-11(21)12(13(22)16-14-17-15-7-25-14)18-19(8)9-4-2-3-5-10(9)20(23)24/h2-7H,1H3,(H,16,17,22). The minimum Gasteiger partial charge on any atom is -0.295 e. The highest BCUT2D eigenvalue weighted by molar-refractivity contribution is 7.13. The maximum absolute atomic E-state index is 12.3. The lowest BCUT2D eigenvalue weighted by molar-refractivity contribution is -0.384. The first-order valence-corrected chi connectivity index (χ1v) is 7.77. The van der Waals surface area contributed by atoms with Gasteiger partial charge in [0.25, 0.3) is 11.6 Å². The lowest BCUT2D eigenvalue weighted by atomic mass is 10.2. The molecule has 0 saturated carbocycles. The van der Waals surface area contributed by atoms with E-state index in [0.717, 1.165) is 11.3 Å². The van der Waals surface area contributed by atoms with Gasteiger partial charge in [-0.25, -0.2) is 4.68 Å². The van der Waals surface area contributed by atoms with Crippen LogP contribution in [0.25, 0.3) is 5.69 Å². The lowest BCUT2D eigenvalue weighted by Gasteiger charge is -2.11. The molecule has 0 aliphatic rings. The summed E-state index contributed by atoms with van der Waals surface area (Å²) in [5.74, 6) is -0.769. The molecule has 11 heteroatoms. The van der Waals surface area contributed by atoms with Crippen LogP contribution < -0.4 is 10.7 Å². The Morgan fingerprint density at radius 3 is 2.80 bits per heavy atom. The van der Waals surface area contributed by atoms with Gasteiger partial charge < -0.3 is 0 Å². The molecule has 0 bridgehead atoms. The molecule has 0 radical (unpaired) electrons. The van der Waals surface area contributed by atoms with Crippen LogP contribution in [0, 0.1) is 17.0 Å². The number of hydrogen-bond donors (Lipinski definition) is 1. The van der Waals surface area contributed by atoms with Crippen LogP contribution >= 0.6 is 11.3 Å². The average molecular weight is 358 g/mol. The number of anilines is 1. The van der Waals surface area contributed by atoms with Gasteiger partial charge in [-0.15, -0.1) is 10.2 Å². The number of nitro groups is 1. The van der Waals surface area contributed by atoms with E-state index in [0.29, 0.717) is 5.69 Å². The maximum Gasteiger partial charge on any atom is 0.294 e. The topological polar surface area (TPSA) is 133 Å². The molecule has 0 saturated heterocycles. The first-order chi connectivity index (χ1) is 12.0. The molecule has 2 aromatic heterocycles. The Labute approximate surface area is 143 Å². The molecule has 0 fully saturated rings. The Kier molecular flexibility index (Phi) is 4.31. The second-order valence-electron chi connectivity index (χ2n) is 4.85. The van der Waals surface area contributed by atoms with E-state index in [1.54, 1.807) is 13.0 Å². The highest BCUT2D eigenvalue weighted by Crippen LogP contribution is 2.22. The molecule has 0 spiro atoms. The molecular formula is C14H10N6O4S. The molecule has 0 aliphatic heterocycles.